The second-order valence-electron chi connectivity index (χ2n) is 5.87. The fourth-order valence-corrected chi connectivity index (χ4v) is 2.82. The lowest BCUT2D eigenvalue weighted by Crippen LogP contribution is -2.28. The molecule has 0 aliphatic heterocycles. The predicted octanol–water partition coefficient (Wildman–Crippen LogP) is 3.47. The van der Waals surface area contributed by atoms with Crippen molar-refractivity contribution in [3.63, 3.8) is 0 Å². The molecular weight excluding hydrogens is 210 g/mol. The standard InChI is InChI=1S/C15H31NO/c1-4-16-11-15(14-7-5-6-8-14)9-10-17-12-13(2)3/h13-16H,4-12H2,1-3H3. The summed E-state index contributed by atoms with van der Waals surface area (Å²) in [7, 11) is 0. The molecule has 1 aliphatic carbocycles. The van der Waals surface area contributed by atoms with Crippen LogP contribution in [0, 0.1) is 17.8 Å². The molecule has 0 radical (unpaired) electrons. The maximum atomic E-state index is 5.74. The average molecular weight is 241 g/mol. The fourth-order valence-electron chi connectivity index (χ4n) is 2.82. The third-order valence-electron chi connectivity index (χ3n) is 3.81. The molecule has 2 nitrogen and oxygen atoms in total. The minimum absolute atomic E-state index is 0.661. The highest BCUT2D eigenvalue weighted by Crippen LogP contribution is 2.32. The molecule has 1 rings (SSSR count). The Morgan fingerprint density at radius 3 is 2.53 bits per heavy atom. The van der Waals surface area contributed by atoms with Crippen molar-refractivity contribution < 1.29 is 4.74 Å². The molecule has 0 aromatic rings. The van der Waals surface area contributed by atoms with Crippen LogP contribution in [0.4, 0.5) is 0 Å². The maximum Gasteiger partial charge on any atom is 0.0488 e. The third-order valence-corrected chi connectivity index (χ3v) is 3.81. The van der Waals surface area contributed by atoms with E-state index in [4.69, 9.17) is 4.74 Å². The molecule has 0 amide bonds. The van der Waals surface area contributed by atoms with Crippen LogP contribution in [-0.2, 0) is 4.74 Å². The Hall–Kier alpha value is -0.0800. The van der Waals surface area contributed by atoms with E-state index in [1.54, 1.807) is 0 Å². The first-order valence-corrected chi connectivity index (χ1v) is 7.52. The largest absolute Gasteiger partial charge is 0.381 e. The van der Waals surface area contributed by atoms with E-state index >= 15 is 0 Å². The molecule has 0 aromatic carbocycles. The monoisotopic (exact) mass is 241 g/mol. The molecule has 1 unspecified atom stereocenters. The van der Waals surface area contributed by atoms with Gasteiger partial charge < -0.3 is 10.1 Å². The first kappa shape index (κ1) is 15.0. The summed E-state index contributed by atoms with van der Waals surface area (Å²) < 4.78 is 5.74. The molecule has 0 spiro atoms. The van der Waals surface area contributed by atoms with Gasteiger partial charge >= 0.3 is 0 Å². The van der Waals surface area contributed by atoms with E-state index in [0.717, 1.165) is 31.6 Å². The van der Waals surface area contributed by atoms with Crippen LogP contribution < -0.4 is 5.32 Å². The molecule has 0 bridgehead atoms. The highest BCUT2D eigenvalue weighted by Gasteiger charge is 2.24. The zero-order chi connectivity index (χ0) is 12.5. The molecule has 17 heavy (non-hydrogen) atoms. The molecule has 2 heteroatoms. The van der Waals surface area contributed by atoms with Crippen molar-refractivity contribution in [1.29, 1.82) is 0 Å². The minimum atomic E-state index is 0.661. The number of hydrogen-bond donors (Lipinski definition) is 1. The van der Waals surface area contributed by atoms with Gasteiger partial charge in [-0.1, -0.05) is 46.5 Å². The molecule has 1 aliphatic rings. The molecule has 1 atom stereocenters. The highest BCUT2D eigenvalue weighted by molar-refractivity contribution is 4.77. The number of rotatable bonds is 9. The van der Waals surface area contributed by atoms with Crippen LogP contribution in [0.1, 0.15) is 52.9 Å². The molecule has 0 heterocycles. The summed E-state index contributed by atoms with van der Waals surface area (Å²) in [5.41, 5.74) is 0. The van der Waals surface area contributed by atoms with Gasteiger partial charge in [0.05, 0.1) is 0 Å². The first-order chi connectivity index (χ1) is 8.24. The summed E-state index contributed by atoms with van der Waals surface area (Å²) in [6, 6.07) is 0. The molecular formula is C15H31NO. The van der Waals surface area contributed by atoms with Crippen LogP contribution >= 0.6 is 0 Å². The Labute approximate surface area is 108 Å². The summed E-state index contributed by atoms with van der Waals surface area (Å²) in [6.07, 6.45) is 7.02. The molecule has 0 aromatic heterocycles. The number of nitrogens with one attached hydrogen (secondary N) is 1. The Kier molecular flexibility index (Phi) is 7.87. The summed E-state index contributed by atoms with van der Waals surface area (Å²) >= 11 is 0. The zero-order valence-electron chi connectivity index (χ0n) is 12.0. The van der Waals surface area contributed by atoms with Crippen molar-refractivity contribution >= 4 is 0 Å². The van der Waals surface area contributed by atoms with E-state index in [-0.39, 0.29) is 0 Å². The van der Waals surface area contributed by atoms with Gasteiger partial charge in [0.25, 0.3) is 0 Å². The van der Waals surface area contributed by atoms with E-state index < -0.39 is 0 Å². The van der Waals surface area contributed by atoms with Gasteiger partial charge in [-0.05, 0) is 37.3 Å². The van der Waals surface area contributed by atoms with Gasteiger partial charge in [-0.15, -0.1) is 0 Å². The molecule has 1 N–H and O–H groups in total. The van der Waals surface area contributed by atoms with E-state index in [1.807, 2.05) is 0 Å². The van der Waals surface area contributed by atoms with Crippen molar-refractivity contribution in [3.8, 4) is 0 Å². The van der Waals surface area contributed by atoms with Gasteiger partial charge in [0.1, 0.15) is 0 Å². The van der Waals surface area contributed by atoms with Crippen LogP contribution in [0.2, 0.25) is 0 Å². The predicted molar refractivity (Wildman–Crippen MR) is 74.3 cm³/mol. The lowest BCUT2D eigenvalue weighted by Gasteiger charge is -2.23. The van der Waals surface area contributed by atoms with Crippen molar-refractivity contribution in [2.75, 3.05) is 26.3 Å². The lowest BCUT2D eigenvalue weighted by atomic mass is 9.88. The van der Waals surface area contributed by atoms with Crippen LogP contribution in [-0.4, -0.2) is 26.3 Å². The van der Waals surface area contributed by atoms with Gasteiger partial charge in [0.2, 0.25) is 0 Å². The van der Waals surface area contributed by atoms with E-state index in [2.05, 4.69) is 26.1 Å². The van der Waals surface area contributed by atoms with E-state index in [9.17, 15) is 0 Å². The van der Waals surface area contributed by atoms with Crippen LogP contribution in [0.5, 0.6) is 0 Å². The lowest BCUT2D eigenvalue weighted by molar-refractivity contribution is 0.0901. The number of ether oxygens (including phenoxy) is 1. The maximum absolute atomic E-state index is 5.74. The van der Waals surface area contributed by atoms with Gasteiger partial charge in [-0.25, -0.2) is 0 Å². The van der Waals surface area contributed by atoms with Crippen LogP contribution in [0.3, 0.4) is 0 Å². The normalized spacial score (nSPS) is 19.1. The summed E-state index contributed by atoms with van der Waals surface area (Å²) in [6.45, 7) is 10.8. The van der Waals surface area contributed by atoms with Crippen LogP contribution in [0.25, 0.3) is 0 Å². The van der Waals surface area contributed by atoms with Crippen molar-refractivity contribution in [3.05, 3.63) is 0 Å². The molecule has 1 saturated carbocycles. The molecule has 1 fully saturated rings. The Balaban J connectivity index is 2.20. The number of hydrogen-bond acceptors (Lipinski definition) is 2. The Morgan fingerprint density at radius 2 is 1.94 bits per heavy atom. The van der Waals surface area contributed by atoms with E-state index in [1.165, 1.54) is 38.6 Å². The summed E-state index contributed by atoms with van der Waals surface area (Å²) in [4.78, 5) is 0. The van der Waals surface area contributed by atoms with Gasteiger partial charge in [-0.3, -0.25) is 0 Å². The topological polar surface area (TPSA) is 21.3 Å². The van der Waals surface area contributed by atoms with Crippen molar-refractivity contribution in [2.24, 2.45) is 17.8 Å². The smallest absolute Gasteiger partial charge is 0.0488 e. The third kappa shape index (κ3) is 6.42. The minimum Gasteiger partial charge on any atom is -0.381 e. The van der Waals surface area contributed by atoms with Crippen molar-refractivity contribution in [1.82, 2.24) is 5.32 Å². The Bertz CT molecular complexity index is 176. The SMILES string of the molecule is CCNCC(CCOCC(C)C)C1CCCC1. The van der Waals surface area contributed by atoms with Gasteiger partial charge in [-0.2, -0.15) is 0 Å². The highest BCUT2D eigenvalue weighted by atomic mass is 16.5. The van der Waals surface area contributed by atoms with E-state index in [0.29, 0.717) is 5.92 Å². The second kappa shape index (κ2) is 8.93. The average Bonchev–Trinajstić information content (AvgIpc) is 2.81. The van der Waals surface area contributed by atoms with Gasteiger partial charge in [0.15, 0.2) is 0 Å². The van der Waals surface area contributed by atoms with Gasteiger partial charge in [0, 0.05) is 13.2 Å². The first-order valence-electron chi connectivity index (χ1n) is 7.52. The van der Waals surface area contributed by atoms with Crippen LogP contribution in [0.15, 0.2) is 0 Å². The van der Waals surface area contributed by atoms with Crippen molar-refractivity contribution in [2.45, 2.75) is 52.9 Å². The summed E-state index contributed by atoms with van der Waals surface area (Å²) in [5.74, 6) is 2.45. The Morgan fingerprint density at radius 1 is 1.24 bits per heavy atom. The zero-order valence-corrected chi connectivity index (χ0v) is 12.0. The molecule has 102 valence electrons. The second-order valence-corrected chi connectivity index (χ2v) is 5.87. The summed E-state index contributed by atoms with van der Waals surface area (Å²) in [5, 5.41) is 3.52. The molecule has 0 saturated heterocycles. The fraction of sp³-hybridized carbons (Fsp3) is 1.00. The quantitative estimate of drug-likeness (QED) is 0.624.